The molecule has 2 aromatic carbocycles. The van der Waals surface area contributed by atoms with Crippen LogP contribution >= 0.6 is 11.6 Å². The number of halogens is 1. The summed E-state index contributed by atoms with van der Waals surface area (Å²) in [6, 6.07) is 18.5. The molecular weight excluding hydrogens is 302 g/mol. The van der Waals surface area contributed by atoms with E-state index in [2.05, 4.69) is 0 Å². The second-order valence-corrected chi connectivity index (χ2v) is 5.10. The molecule has 4 nitrogen and oxygen atoms in total. The summed E-state index contributed by atoms with van der Waals surface area (Å²) in [5, 5.41) is 9.74. The molecule has 1 amide bonds. The molecule has 1 N–H and O–H groups in total. The largest absolute Gasteiger partial charge is 0.444 e. The Morgan fingerprint density at radius 2 is 1.68 bits per heavy atom. The number of nitrogens with zero attached hydrogens (tertiary/aromatic N) is 1. The van der Waals surface area contributed by atoms with Gasteiger partial charge in [-0.25, -0.2) is 4.79 Å². The standard InChI is InChI=1S/C17H18ClNO3/c18-11-16(20)12-19(15-9-5-2-6-10-15)17(21)22-13-14-7-3-1-4-8-14/h1-10,16,20H,11-13H2. The van der Waals surface area contributed by atoms with Gasteiger partial charge in [0.25, 0.3) is 0 Å². The van der Waals surface area contributed by atoms with Gasteiger partial charge in [-0.2, -0.15) is 0 Å². The highest BCUT2D eigenvalue weighted by Crippen LogP contribution is 2.16. The summed E-state index contributed by atoms with van der Waals surface area (Å²) in [7, 11) is 0. The number of rotatable bonds is 6. The minimum absolute atomic E-state index is 0.0509. The van der Waals surface area contributed by atoms with Crippen molar-refractivity contribution in [3.05, 3.63) is 66.2 Å². The minimum atomic E-state index is -0.814. The predicted molar refractivity (Wildman–Crippen MR) is 87.1 cm³/mol. The monoisotopic (exact) mass is 319 g/mol. The fraction of sp³-hybridized carbons (Fsp3) is 0.235. The number of ether oxygens (including phenoxy) is 1. The molecule has 0 saturated heterocycles. The molecule has 116 valence electrons. The van der Waals surface area contributed by atoms with Crippen molar-refractivity contribution in [1.29, 1.82) is 0 Å². The number of hydrogen-bond acceptors (Lipinski definition) is 3. The maximum atomic E-state index is 12.3. The number of benzene rings is 2. The van der Waals surface area contributed by atoms with Gasteiger partial charge in [0.2, 0.25) is 0 Å². The molecule has 0 heterocycles. The van der Waals surface area contributed by atoms with E-state index in [0.717, 1.165) is 5.56 Å². The van der Waals surface area contributed by atoms with Crippen LogP contribution in [0.5, 0.6) is 0 Å². The van der Waals surface area contributed by atoms with Gasteiger partial charge < -0.3 is 9.84 Å². The van der Waals surface area contributed by atoms with Crippen molar-refractivity contribution in [2.24, 2.45) is 0 Å². The minimum Gasteiger partial charge on any atom is -0.444 e. The highest BCUT2D eigenvalue weighted by atomic mass is 35.5. The van der Waals surface area contributed by atoms with Crippen LogP contribution in [0.4, 0.5) is 10.5 Å². The van der Waals surface area contributed by atoms with Crippen LogP contribution in [0.3, 0.4) is 0 Å². The van der Waals surface area contributed by atoms with Crippen LogP contribution in [0, 0.1) is 0 Å². The van der Waals surface area contributed by atoms with Crippen LogP contribution in [0.15, 0.2) is 60.7 Å². The van der Waals surface area contributed by atoms with Crippen LogP contribution < -0.4 is 4.90 Å². The van der Waals surface area contributed by atoms with E-state index in [1.54, 1.807) is 12.1 Å². The van der Waals surface area contributed by atoms with Crippen LogP contribution in [-0.4, -0.2) is 29.7 Å². The molecule has 1 atom stereocenters. The molecule has 0 fully saturated rings. The van der Waals surface area contributed by atoms with Gasteiger partial charge in [-0.15, -0.1) is 11.6 Å². The van der Waals surface area contributed by atoms with E-state index in [1.165, 1.54) is 4.90 Å². The fourth-order valence-electron chi connectivity index (χ4n) is 1.95. The van der Waals surface area contributed by atoms with E-state index in [1.807, 2.05) is 48.5 Å². The van der Waals surface area contributed by atoms with Gasteiger partial charge in [0.1, 0.15) is 6.61 Å². The third-order valence-electron chi connectivity index (χ3n) is 3.06. The van der Waals surface area contributed by atoms with Gasteiger partial charge in [-0.3, -0.25) is 4.90 Å². The Labute approximate surface area is 134 Å². The molecule has 0 saturated carbocycles. The number of para-hydroxylation sites is 1. The number of carbonyl (C=O) groups excluding carboxylic acids is 1. The molecule has 0 aliphatic carbocycles. The summed E-state index contributed by atoms with van der Waals surface area (Å²) in [5.41, 5.74) is 1.56. The molecule has 0 radical (unpaired) electrons. The van der Waals surface area contributed by atoms with E-state index in [0.29, 0.717) is 5.69 Å². The van der Waals surface area contributed by atoms with Crippen molar-refractivity contribution in [1.82, 2.24) is 0 Å². The van der Waals surface area contributed by atoms with E-state index < -0.39 is 12.2 Å². The smallest absolute Gasteiger partial charge is 0.414 e. The highest BCUT2D eigenvalue weighted by molar-refractivity contribution is 6.18. The summed E-state index contributed by atoms with van der Waals surface area (Å²) >= 11 is 5.63. The lowest BCUT2D eigenvalue weighted by atomic mass is 10.2. The first kappa shape index (κ1) is 16.3. The van der Waals surface area contributed by atoms with E-state index in [4.69, 9.17) is 16.3 Å². The Balaban J connectivity index is 2.05. The molecule has 0 aliphatic heterocycles. The molecule has 0 aromatic heterocycles. The molecule has 0 spiro atoms. The van der Waals surface area contributed by atoms with Gasteiger partial charge in [-0.05, 0) is 17.7 Å². The van der Waals surface area contributed by atoms with Gasteiger partial charge >= 0.3 is 6.09 Å². The summed E-state index contributed by atoms with van der Waals surface area (Å²) < 4.78 is 5.32. The lowest BCUT2D eigenvalue weighted by molar-refractivity contribution is 0.140. The van der Waals surface area contributed by atoms with Crippen molar-refractivity contribution < 1.29 is 14.6 Å². The topological polar surface area (TPSA) is 49.8 Å². The maximum absolute atomic E-state index is 12.3. The van der Waals surface area contributed by atoms with Gasteiger partial charge in [0.15, 0.2) is 0 Å². The Hall–Kier alpha value is -2.04. The number of aliphatic hydroxyl groups excluding tert-OH is 1. The lowest BCUT2D eigenvalue weighted by Gasteiger charge is -2.24. The van der Waals surface area contributed by atoms with Crippen molar-refractivity contribution >= 4 is 23.4 Å². The van der Waals surface area contributed by atoms with Crippen LogP contribution in [0.25, 0.3) is 0 Å². The van der Waals surface area contributed by atoms with E-state index in [-0.39, 0.29) is 19.0 Å². The molecule has 22 heavy (non-hydrogen) atoms. The lowest BCUT2D eigenvalue weighted by Crippen LogP contribution is -2.38. The quantitative estimate of drug-likeness (QED) is 0.830. The van der Waals surface area contributed by atoms with Gasteiger partial charge in [0, 0.05) is 5.69 Å². The average molecular weight is 320 g/mol. The summed E-state index contributed by atoms with van der Waals surface area (Å²) in [6.45, 7) is 0.265. The first-order valence-electron chi connectivity index (χ1n) is 6.98. The molecule has 1 unspecified atom stereocenters. The third kappa shape index (κ3) is 4.76. The van der Waals surface area contributed by atoms with E-state index >= 15 is 0 Å². The fourth-order valence-corrected chi connectivity index (χ4v) is 2.05. The Morgan fingerprint density at radius 3 is 2.27 bits per heavy atom. The summed E-state index contributed by atoms with van der Waals surface area (Å²) in [4.78, 5) is 13.7. The zero-order chi connectivity index (χ0) is 15.8. The van der Waals surface area contributed by atoms with Crippen molar-refractivity contribution in [3.63, 3.8) is 0 Å². The van der Waals surface area contributed by atoms with Crippen molar-refractivity contribution in [3.8, 4) is 0 Å². The molecule has 0 bridgehead atoms. The normalized spacial score (nSPS) is 11.7. The number of alkyl halides is 1. The Morgan fingerprint density at radius 1 is 1.09 bits per heavy atom. The van der Waals surface area contributed by atoms with Gasteiger partial charge in [-0.1, -0.05) is 48.5 Å². The number of aliphatic hydroxyl groups is 1. The van der Waals surface area contributed by atoms with Gasteiger partial charge in [0.05, 0.1) is 18.5 Å². The number of anilines is 1. The summed E-state index contributed by atoms with van der Waals surface area (Å²) in [5.74, 6) is 0.0509. The van der Waals surface area contributed by atoms with Crippen LogP contribution in [0.2, 0.25) is 0 Å². The molecule has 2 aromatic rings. The molecule has 0 aliphatic rings. The SMILES string of the molecule is O=C(OCc1ccccc1)N(CC(O)CCl)c1ccccc1. The molecular formula is C17H18ClNO3. The molecule has 2 rings (SSSR count). The number of hydrogen-bond donors (Lipinski definition) is 1. The van der Waals surface area contributed by atoms with Crippen LogP contribution in [0.1, 0.15) is 5.56 Å². The zero-order valence-electron chi connectivity index (χ0n) is 12.1. The second kappa shape index (κ2) is 8.41. The highest BCUT2D eigenvalue weighted by Gasteiger charge is 2.20. The summed E-state index contributed by atoms with van der Waals surface area (Å²) in [6.07, 6.45) is -1.33. The number of carbonyl (C=O) groups is 1. The zero-order valence-corrected chi connectivity index (χ0v) is 12.8. The maximum Gasteiger partial charge on any atom is 0.414 e. The average Bonchev–Trinajstić information content (AvgIpc) is 2.59. The predicted octanol–water partition coefficient (Wildman–Crippen LogP) is 3.43. The van der Waals surface area contributed by atoms with Crippen molar-refractivity contribution in [2.75, 3.05) is 17.3 Å². The third-order valence-corrected chi connectivity index (χ3v) is 3.42. The van der Waals surface area contributed by atoms with E-state index in [9.17, 15) is 9.90 Å². The first-order valence-corrected chi connectivity index (χ1v) is 7.51. The second-order valence-electron chi connectivity index (χ2n) is 4.79. The van der Waals surface area contributed by atoms with Crippen molar-refractivity contribution in [2.45, 2.75) is 12.7 Å². The Kier molecular flexibility index (Phi) is 6.25. The molecule has 5 heteroatoms. The Bertz CT molecular complexity index is 577. The first-order chi connectivity index (χ1) is 10.7. The van der Waals surface area contributed by atoms with Crippen LogP contribution in [-0.2, 0) is 11.3 Å². The number of amides is 1.